The summed E-state index contributed by atoms with van der Waals surface area (Å²) in [6.45, 7) is 0. The average molecular weight is 174 g/mol. The summed E-state index contributed by atoms with van der Waals surface area (Å²) in [5.41, 5.74) is 5.35. The Morgan fingerprint density at radius 3 is 2.64 bits per heavy atom. The molecule has 0 fully saturated rings. The molecule has 0 radical (unpaired) electrons. The molecule has 0 spiro atoms. The number of nitrogens with two attached hydrogens (primary N) is 1. The number of benzene rings is 1. The van der Waals surface area contributed by atoms with Gasteiger partial charge < -0.3 is 5.73 Å². The highest BCUT2D eigenvalue weighted by Gasteiger charge is 2.07. The number of hydrogen-bond acceptors (Lipinski definition) is 2. The third-order valence-corrected chi connectivity index (χ3v) is 1.41. The van der Waals surface area contributed by atoms with E-state index in [2.05, 4.69) is 0 Å². The van der Waals surface area contributed by atoms with Crippen LogP contribution in [0, 0.1) is 5.82 Å². The molecule has 0 atom stereocenters. The summed E-state index contributed by atoms with van der Waals surface area (Å²) in [6, 6.07) is 3.72. The van der Waals surface area contributed by atoms with Crippen molar-refractivity contribution < 1.29 is 9.18 Å². The van der Waals surface area contributed by atoms with E-state index in [-0.39, 0.29) is 11.3 Å². The molecule has 58 valence electrons. The zero-order valence-corrected chi connectivity index (χ0v) is 6.23. The predicted octanol–water partition coefficient (Wildman–Crippen LogP) is 1.79. The Hall–Kier alpha value is -1.09. The van der Waals surface area contributed by atoms with E-state index in [1.165, 1.54) is 12.1 Å². The molecular weight excluding hydrogens is 169 g/mol. The van der Waals surface area contributed by atoms with Crippen molar-refractivity contribution in [2.24, 2.45) is 0 Å². The first-order chi connectivity index (χ1) is 5.11. The smallest absolute Gasteiger partial charge is 0.255 e. The molecule has 2 N–H and O–H groups in total. The number of rotatable bonds is 1. The van der Waals surface area contributed by atoms with Gasteiger partial charge >= 0.3 is 0 Å². The second-order valence-electron chi connectivity index (χ2n) is 2.01. The van der Waals surface area contributed by atoms with Gasteiger partial charge in [0.1, 0.15) is 5.82 Å². The maximum Gasteiger partial charge on any atom is 0.255 e. The standard InChI is InChI=1S/C7H5ClFNO/c8-7(11)5-2-1-4(10)3-6(5)9/h1-3H,10H2. The third-order valence-electron chi connectivity index (χ3n) is 1.20. The van der Waals surface area contributed by atoms with Gasteiger partial charge in [-0.15, -0.1) is 0 Å². The van der Waals surface area contributed by atoms with Gasteiger partial charge in [-0.1, -0.05) is 0 Å². The molecule has 0 saturated heterocycles. The second-order valence-corrected chi connectivity index (χ2v) is 2.36. The van der Waals surface area contributed by atoms with Crippen molar-refractivity contribution in [3.8, 4) is 0 Å². The summed E-state index contributed by atoms with van der Waals surface area (Å²) >= 11 is 5.04. The number of hydrogen-bond donors (Lipinski definition) is 1. The lowest BCUT2D eigenvalue weighted by Crippen LogP contribution is -1.95. The van der Waals surface area contributed by atoms with E-state index in [0.717, 1.165) is 6.07 Å². The monoisotopic (exact) mass is 173 g/mol. The molecule has 1 aromatic carbocycles. The summed E-state index contributed by atoms with van der Waals surface area (Å²) in [5, 5.41) is -0.817. The molecule has 11 heavy (non-hydrogen) atoms. The fraction of sp³-hybridized carbons (Fsp3) is 0. The van der Waals surface area contributed by atoms with E-state index >= 15 is 0 Å². The minimum Gasteiger partial charge on any atom is -0.399 e. The zero-order valence-electron chi connectivity index (χ0n) is 5.47. The largest absolute Gasteiger partial charge is 0.399 e. The fourth-order valence-electron chi connectivity index (χ4n) is 0.691. The van der Waals surface area contributed by atoms with Crippen LogP contribution in [0.2, 0.25) is 0 Å². The number of nitrogen functional groups attached to an aromatic ring is 1. The Morgan fingerprint density at radius 1 is 1.55 bits per heavy atom. The van der Waals surface area contributed by atoms with Crippen molar-refractivity contribution in [3.63, 3.8) is 0 Å². The van der Waals surface area contributed by atoms with Crippen molar-refractivity contribution >= 4 is 22.5 Å². The van der Waals surface area contributed by atoms with Crippen molar-refractivity contribution in [2.45, 2.75) is 0 Å². The summed E-state index contributed by atoms with van der Waals surface area (Å²) in [4.78, 5) is 10.5. The first-order valence-corrected chi connectivity index (χ1v) is 3.24. The highest BCUT2D eigenvalue weighted by atomic mass is 35.5. The molecule has 1 aromatic rings. The number of anilines is 1. The van der Waals surface area contributed by atoms with E-state index in [1.54, 1.807) is 0 Å². The molecule has 0 aromatic heterocycles. The van der Waals surface area contributed by atoms with Crippen LogP contribution in [-0.4, -0.2) is 5.24 Å². The van der Waals surface area contributed by atoms with Crippen LogP contribution < -0.4 is 5.73 Å². The van der Waals surface area contributed by atoms with Gasteiger partial charge in [-0.2, -0.15) is 0 Å². The molecule has 0 unspecified atom stereocenters. The van der Waals surface area contributed by atoms with Gasteiger partial charge in [0.05, 0.1) is 5.56 Å². The third kappa shape index (κ3) is 1.68. The fourth-order valence-corrected chi connectivity index (χ4v) is 0.844. The lowest BCUT2D eigenvalue weighted by Gasteiger charge is -1.96. The molecule has 0 saturated carbocycles. The second kappa shape index (κ2) is 2.88. The van der Waals surface area contributed by atoms with Crippen LogP contribution in [0.4, 0.5) is 10.1 Å². The van der Waals surface area contributed by atoms with Crippen LogP contribution in [0.3, 0.4) is 0 Å². The van der Waals surface area contributed by atoms with Crippen LogP contribution in [-0.2, 0) is 0 Å². The van der Waals surface area contributed by atoms with Crippen molar-refractivity contribution in [1.82, 2.24) is 0 Å². The number of carbonyl (C=O) groups is 1. The van der Waals surface area contributed by atoms with Gasteiger partial charge in [0.15, 0.2) is 0 Å². The molecular formula is C7H5ClFNO. The molecule has 0 aliphatic heterocycles. The minimum atomic E-state index is -0.817. The molecule has 1 rings (SSSR count). The van der Waals surface area contributed by atoms with E-state index in [4.69, 9.17) is 17.3 Å². The van der Waals surface area contributed by atoms with Gasteiger partial charge in [-0.05, 0) is 29.8 Å². The van der Waals surface area contributed by atoms with Crippen LogP contribution in [0.15, 0.2) is 18.2 Å². The van der Waals surface area contributed by atoms with E-state index < -0.39 is 11.1 Å². The van der Waals surface area contributed by atoms with Crippen molar-refractivity contribution in [2.75, 3.05) is 5.73 Å². The van der Waals surface area contributed by atoms with Crippen molar-refractivity contribution in [3.05, 3.63) is 29.6 Å². The topological polar surface area (TPSA) is 43.1 Å². The van der Waals surface area contributed by atoms with E-state index in [9.17, 15) is 9.18 Å². The molecule has 4 heteroatoms. The molecule has 0 bridgehead atoms. The van der Waals surface area contributed by atoms with Gasteiger partial charge in [-0.25, -0.2) is 4.39 Å². The van der Waals surface area contributed by atoms with Crippen molar-refractivity contribution in [1.29, 1.82) is 0 Å². The summed E-state index contributed by atoms with van der Waals surface area (Å²) in [6.07, 6.45) is 0. The Balaban J connectivity index is 3.20. The first-order valence-electron chi connectivity index (χ1n) is 2.86. The Morgan fingerprint density at radius 2 is 2.18 bits per heavy atom. The van der Waals surface area contributed by atoms with Gasteiger partial charge in [-0.3, -0.25) is 4.79 Å². The summed E-state index contributed by atoms with van der Waals surface area (Å²) < 4.78 is 12.7. The number of carbonyl (C=O) groups excluding carboxylic acids is 1. The SMILES string of the molecule is Nc1ccc(C(=O)Cl)c(F)c1. The van der Waals surface area contributed by atoms with E-state index in [1.807, 2.05) is 0 Å². The van der Waals surface area contributed by atoms with Crippen LogP contribution >= 0.6 is 11.6 Å². The molecule has 0 aliphatic rings. The van der Waals surface area contributed by atoms with Crippen LogP contribution in [0.5, 0.6) is 0 Å². The van der Waals surface area contributed by atoms with Gasteiger partial charge in [0, 0.05) is 5.69 Å². The predicted molar refractivity (Wildman–Crippen MR) is 41.0 cm³/mol. The summed E-state index contributed by atoms with van der Waals surface area (Å²) in [5.74, 6) is -0.690. The highest BCUT2D eigenvalue weighted by Crippen LogP contribution is 2.13. The molecule has 2 nitrogen and oxygen atoms in total. The quantitative estimate of drug-likeness (QED) is 0.520. The Bertz CT molecular complexity index is 300. The highest BCUT2D eigenvalue weighted by molar-refractivity contribution is 6.67. The Labute approximate surface area is 67.8 Å². The van der Waals surface area contributed by atoms with Crippen LogP contribution in [0.1, 0.15) is 10.4 Å². The minimum absolute atomic E-state index is 0.152. The normalized spacial score (nSPS) is 9.64. The van der Waals surface area contributed by atoms with Gasteiger partial charge in [0.2, 0.25) is 0 Å². The zero-order chi connectivity index (χ0) is 8.43. The lowest BCUT2D eigenvalue weighted by atomic mass is 10.2. The molecule has 0 amide bonds. The maximum absolute atomic E-state index is 12.7. The lowest BCUT2D eigenvalue weighted by molar-refractivity contribution is 0.107. The van der Waals surface area contributed by atoms with Crippen LogP contribution in [0.25, 0.3) is 0 Å². The first kappa shape index (κ1) is 8.01. The summed E-state index contributed by atoms with van der Waals surface area (Å²) in [7, 11) is 0. The van der Waals surface area contributed by atoms with Gasteiger partial charge in [0.25, 0.3) is 5.24 Å². The van der Waals surface area contributed by atoms with E-state index in [0.29, 0.717) is 0 Å². The molecule has 0 aliphatic carbocycles. The molecule has 0 heterocycles. The Kier molecular flexibility index (Phi) is 2.10. The maximum atomic E-state index is 12.7. The average Bonchev–Trinajstić information content (AvgIpc) is 1.85. The number of halogens is 2.